The molecule has 0 bridgehead atoms. The van der Waals surface area contributed by atoms with E-state index in [0.29, 0.717) is 12.5 Å². The molecule has 0 unspecified atom stereocenters. The van der Waals surface area contributed by atoms with Gasteiger partial charge in [-0.15, -0.1) is 5.10 Å². The molecule has 0 atom stereocenters. The molecule has 0 amide bonds. The van der Waals surface area contributed by atoms with E-state index in [1.54, 1.807) is 0 Å². The average molecular weight is 282 g/mol. The maximum absolute atomic E-state index is 5.75. The Balaban J connectivity index is 1.75. The average Bonchev–Trinajstić information content (AvgIpc) is 2.95. The van der Waals surface area contributed by atoms with Gasteiger partial charge in [0.25, 0.3) is 0 Å². The first-order chi connectivity index (χ1) is 10.3. The fourth-order valence-corrected chi connectivity index (χ4v) is 2.30. The van der Waals surface area contributed by atoms with Gasteiger partial charge >= 0.3 is 0 Å². The molecule has 3 aromatic rings. The van der Waals surface area contributed by atoms with Crippen LogP contribution in [-0.2, 0) is 19.4 Å². The topological polar surface area (TPSA) is 63.8 Å². The molecule has 3 rings (SSSR count). The lowest BCUT2D eigenvalue weighted by Gasteiger charge is -2.06. The highest BCUT2D eigenvalue weighted by atomic mass is 16.3. The van der Waals surface area contributed by atoms with Crippen LogP contribution in [0.4, 0.5) is 5.95 Å². The third-order valence-corrected chi connectivity index (χ3v) is 3.41. The van der Waals surface area contributed by atoms with Gasteiger partial charge in [-0.05, 0) is 25.0 Å². The molecule has 0 radical (unpaired) electrons. The number of benzene rings is 1. The van der Waals surface area contributed by atoms with Crippen LogP contribution in [0, 0.1) is 0 Å². The lowest BCUT2D eigenvalue weighted by molar-refractivity contribution is 0.558. The van der Waals surface area contributed by atoms with Crippen LogP contribution in [0.25, 0.3) is 11.0 Å². The number of nitrogens with zero attached hydrogens (tertiary/aromatic N) is 3. The van der Waals surface area contributed by atoms with E-state index in [9.17, 15) is 0 Å². The second-order valence-corrected chi connectivity index (χ2v) is 4.84. The molecule has 5 heteroatoms. The molecular weight excluding hydrogens is 264 g/mol. The number of rotatable bonds is 5. The highest BCUT2D eigenvalue weighted by Gasteiger charge is 2.07. The quantitative estimate of drug-likeness (QED) is 0.777. The highest BCUT2D eigenvalue weighted by Crippen LogP contribution is 2.19. The van der Waals surface area contributed by atoms with Crippen molar-refractivity contribution in [2.24, 2.45) is 0 Å². The second kappa shape index (κ2) is 5.91. The molecule has 5 nitrogen and oxygen atoms in total. The van der Waals surface area contributed by atoms with Crippen molar-refractivity contribution in [1.82, 2.24) is 15.2 Å². The normalized spacial score (nSPS) is 11.0. The minimum absolute atomic E-state index is 0.546. The Hall–Kier alpha value is -2.43. The molecule has 2 heterocycles. The predicted molar refractivity (Wildman–Crippen MR) is 82.1 cm³/mol. The van der Waals surface area contributed by atoms with Crippen LogP contribution < -0.4 is 5.32 Å². The summed E-state index contributed by atoms with van der Waals surface area (Å²) in [6.07, 6.45) is 1.71. The van der Waals surface area contributed by atoms with Crippen molar-refractivity contribution >= 4 is 16.9 Å². The molecule has 0 fully saturated rings. The van der Waals surface area contributed by atoms with Crippen molar-refractivity contribution in [2.45, 2.75) is 33.2 Å². The molecule has 0 aliphatic carbocycles. The van der Waals surface area contributed by atoms with E-state index in [1.165, 1.54) is 0 Å². The number of para-hydroxylation sites is 1. The van der Waals surface area contributed by atoms with E-state index >= 15 is 0 Å². The van der Waals surface area contributed by atoms with Gasteiger partial charge in [-0.1, -0.05) is 32.0 Å². The van der Waals surface area contributed by atoms with Crippen LogP contribution in [0.3, 0.4) is 0 Å². The van der Waals surface area contributed by atoms with Gasteiger partial charge in [-0.2, -0.15) is 5.10 Å². The number of hydrogen-bond donors (Lipinski definition) is 1. The van der Waals surface area contributed by atoms with E-state index in [0.717, 1.165) is 41.0 Å². The standard InChI is InChI=1S/C16H18N4O/c1-3-13-14(4-2)19-20-16(18-13)17-10-12-9-11-7-5-6-8-15(11)21-12/h5-9H,3-4,10H2,1-2H3,(H,17,18,20). The molecular formula is C16H18N4O. The Labute approximate surface area is 123 Å². The first kappa shape index (κ1) is 13.5. The number of aromatic nitrogens is 3. The van der Waals surface area contributed by atoms with Gasteiger partial charge in [0.05, 0.1) is 17.9 Å². The summed E-state index contributed by atoms with van der Waals surface area (Å²) in [7, 11) is 0. The number of anilines is 1. The number of hydrogen-bond acceptors (Lipinski definition) is 5. The summed E-state index contributed by atoms with van der Waals surface area (Å²) in [6, 6.07) is 9.98. The van der Waals surface area contributed by atoms with Crippen LogP contribution in [-0.4, -0.2) is 15.2 Å². The number of fused-ring (bicyclic) bond motifs is 1. The summed E-state index contributed by atoms with van der Waals surface area (Å²) in [5.41, 5.74) is 2.86. The first-order valence-corrected chi connectivity index (χ1v) is 7.24. The Morgan fingerprint density at radius 1 is 1.05 bits per heavy atom. The molecule has 0 aliphatic heterocycles. The van der Waals surface area contributed by atoms with E-state index in [4.69, 9.17) is 4.42 Å². The molecule has 0 aliphatic rings. The first-order valence-electron chi connectivity index (χ1n) is 7.24. The van der Waals surface area contributed by atoms with Crippen molar-refractivity contribution in [3.63, 3.8) is 0 Å². The van der Waals surface area contributed by atoms with E-state index < -0.39 is 0 Å². The maximum atomic E-state index is 5.75. The third kappa shape index (κ3) is 2.86. The largest absolute Gasteiger partial charge is 0.459 e. The monoisotopic (exact) mass is 282 g/mol. The zero-order valence-corrected chi connectivity index (χ0v) is 12.3. The van der Waals surface area contributed by atoms with Crippen LogP contribution >= 0.6 is 0 Å². The van der Waals surface area contributed by atoms with Crippen molar-refractivity contribution in [3.8, 4) is 0 Å². The number of nitrogens with one attached hydrogen (secondary N) is 1. The predicted octanol–water partition coefficient (Wildman–Crippen LogP) is 3.35. The Morgan fingerprint density at radius 3 is 2.62 bits per heavy atom. The highest BCUT2D eigenvalue weighted by molar-refractivity contribution is 5.77. The maximum Gasteiger partial charge on any atom is 0.243 e. The van der Waals surface area contributed by atoms with Gasteiger partial charge in [0.2, 0.25) is 5.95 Å². The van der Waals surface area contributed by atoms with Gasteiger partial charge in [0.15, 0.2) is 0 Å². The van der Waals surface area contributed by atoms with Crippen LogP contribution in [0.2, 0.25) is 0 Å². The van der Waals surface area contributed by atoms with Crippen molar-refractivity contribution in [1.29, 1.82) is 0 Å². The summed E-state index contributed by atoms with van der Waals surface area (Å²) >= 11 is 0. The molecule has 21 heavy (non-hydrogen) atoms. The smallest absolute Gasteiger partial charge is 0.243 e. The Morgan fingerprint density at radius 2 is 1.86 bits per heavy atom. The van der Waals surface area contributed by atoms with E-state index in [-0.39, 0.29) is 0 Å². The van der Waals surface area contributed by atoms with Gasteiger partial charge in [-0.3, -0.25) is 0 Å². The fraction of sp³-hybridized carbons (Fsp3) is 0.312. The molecule has 1 aromatic carbocycles. The molecule has 2 aromatic heterocycles. The van der Waals surface area contributed by atoms with Gasteiger partial charge in [-0.25, -0.2) is 4.98 Å². The minimum atomic E-state index is 0.546. The molecule has 1 N–H and O–H groups in total. The summed E-state index contributed by atoms with van der Waals surface area (Å²) in [4.78, 5) is 4.50. The molecule has 0 spiro atoms. The second-order valence-electron chi connectivity index (χ2n) is 4.84. The van der Waals surface area contributed by atoms with Gasteiger partial charge < -0.3 is 9.73 Å². The summed E-state index contributed by atoms with van der Waals surface area (Å²) in [5, 5.41) is 12.6. The third-order valence-electron chi connectivity index (χ3n) is 3.41. The van der Waals surface area contributed by atoms with E-state index in [1.807, 2.05) is 30.3 Å². The van der Waals surface area contributed by atoms with E-state index in [2.05, 4.69) is 34.3 Å². The van der Waals surface area contributed by atoms with Crippen molar-refractivity contribution in [2.75, 3.05) is 5.32 Å². The SMILES string of the molecule is CCc1nnc(NCc2cc3ccccc3o2)nc1CC. The van der Waals surface area contributed by atoms with Gasteiger partial charge in [0.1, 0.15) is 11.3 Å². The zero-order chi connectivity index (χ0) is 14.7. The van der Waals surface area contributed by atoms with Crippen LogP contribution in [0.5, 0.6) is 0 Å². The fourth-order valence-electron chi connectivity index (χ4n) is 2.30. The lowest BCUT2D eigenvalue weighted by Crippen LogP contribution is -2.09. The van der Waals surface area contributed by atoms with Crippen molar-refractivity contribution in [3.05, 3.63) is 47.5 Å². The Kier molecular flexibility index (Phi) is 3.81. The Bertz CT molecular complexity index is 718. The number of aryl methyl sites for hydroxylation is 2. The number of furan rings is 1. The summed E-state index contributed by atoms with van der Waals surface area (Å²) in [6.45, 7) is 4.68. The van der Waals surface area contributed by atoms with Crippen LogP contribution in [0.15, 0.2) is 34.7 Å². The van der Waals surface area contributed by atoms with Gasteiger partial charge in [0, 0.05) is 5.39 Å². The molecule has 0 saturated heterocycles. The minimum Gasteiger partial charge on any atom is -0.459 e. The molecule has 0 saturated carbocycles. The summed E-state index contributed by atoms with van der Waals surface area (Å²) in [5.74, 6) is 1.40. The van der Waals surface area contributed by atoms with Crippen molar-refractivity contribution < 1.29 is 4.42 Å². The molecule has 108 valence electrons. The zero-order valence-electron chi connectivity index (χ0n) is 12.3. The van der Waals surface area contributed by atoms with Crippen LogP contribution in [0.1, 0.15) is 31.0 Å². The lowest BCUT2D eigenvalue weighted by atomic mass is 10.2. The summed E-state index contributed by atoms with van der Waals surface area (Å²) < 4.78 is 5.75.